The van der Waals surface area contributed by atoms with Crippen LogP contribution in [0.3, 0.4) is 0 Å². The van der Waals surface area contributed by atoms with E-state index in [1.165, 1.54) is 18.2 Å². The van der Waals surface area contributed by atoms with Crippen LogP contribution in [-0.4, -0.2) is 69.0 Å². The molecule has 1 amide bonds. The molecular formula is C24H28F2N4O3S. The summed E-state index contributed by atoms with van der Waals surface area (Å²) in [6, 6.07) is 7.13. The largest absolute Gasteiger partial charge is 0.373 e. The Balaban J connectivity index is 1.24. The monoisotopic (exact) mass is 490 g/mol. The number of rotatable bonds is 4. The number of carbonyl (C=O) groups excluding carboxylic acids is 1. The first-order chi connectivity index (χ1) is 16.2. The number of amides is 1. The highest BCUT2D eigenvalue weighted by Crippen LogP contribution is 2.32. The van der Waals surface area contributed by atoms with Crippen molar-refractivity contribution in [3.05, 3.63) is 53.1 Å². The number of nitrogens with one attached hydrogen (secondary N) is 2. The normalized spacial score (nSPS) is 24.0. The van der Waals surface area contributed by atoms with Crippen molar-refractivity contribution in [1.82, 2.24) is 4.90 Å². The van der Waals surface area contributed by atoms with E-state index in [0.29, 0.717) is 42.3 Å². The quantitative estimate of drug-likeness (QED) is 0.686. The number of fused-ring (bicyclic) bond motifs is 1. The molecule has 0 bridgehead atoms. The van der Waals surface area contributed by atoms with Gasteiger partial charge in [-0.2, -0.15) is 0 Å². The summed E-state index contributed by atoms with van der Waals surface area (Å²) in [6.07, 6.45) is 1.10. The van der Waals surface area contributed by atoms with Crippen LogP contribution in [0.5, 0.6) is 0 Å². The Morgan fingerprint density at radius 3 is 2.62 bits per heavy atom. The molecular weight excluding hydrogens is 462 g/mol. The molecule has 3 aliphatic rings. The van der Waals surface area contributed by atoms with Crippen LogP contribution in [0.4, 0.5) is 25.8 Å². The Bertz CT molecular complexity index is 1190. The number of nitrogens with zero attached hydrogens (tertiary/aromatic N) is 2. The van der Waals surface area contributed by atoms with Crippen LogP contribution in [0.25, 0.3) is 0 Å². The summed E-state index contributed by atoms with van der Waals surface area (Å²) in [6.45, 7) is 4.32. The second-order valence-electron chi connectivity index (χ2n) is 9.38. The SMILES string of the molecule is Cc1ccc(F)c2c1NC(C(=O)Nc1cc(F)cc(N3CCC(N4CCS(=O)(=O)CC4)C3)c1)C2. The number of anilines is 3. The summed E-state index contributed by atoms with van der Waals surface area (Å²) in [5.41, 5.74) is 3.03. The molecule has 0 radical (unpaired) electrons. The maximum absolute atomic E-state index is 14.4. The van der Waals surface area contributed by atoms with Crippen molar-refractivity contribution in [2.75, 3.05) is 53.2 Å². The van der Waals surface area contributed by atoms with E-state index in [-0.39, 0.29) is 35.7 Å². The van der Waals surface area contributed by atoms with Crippen molar-refractivity contribution in [2.24, 2.45) is 0 Å². The second-order valence-corrected chi connectivity index (χ2v) is 11.7. The number of hydrogen-bond donors (Lipinski definition) is 2. The summed E-state index contributed by atoms with van der Waals surface area (Å²) in [5, 5.41) is 5.87. The van der Waals surface area contributed by atoms with E-state index in [4.69, 9.17) is 0 Å². The molecule has 0 aromatic heterocycles. The standard InChI is InChI=1S/C24H28F2N4O3S/c1-15-2-3-21(26)20-13-22(28-23(15)20)24(31)27-17-10-16(25)11-19(12-17)30-5-4-18(14-30)29-6-8-34(32,33)9-7-29/h2-3,10-12,18,22,28H,4-9,13-14H2,1H3,(H,27,31). The van der Waals surface area contributed by atoms with Crippen LogP contribution in [0.15, 0.2) is 30.3 Å². The van der Waals surface area contributed by atoms with E-state index in [1.807, 2.05) is 6.92 Å². The Labute approximate surface area is 198 Å². The van der Waals surface area contributed by atoms with Gasteiger partial charge in [0.15, 0.2) is 9.84 Å². The lowest BCUT2D eigenvalue weighted by Gasteiger charge is -2.32. The number of benzene rings is 2. The fourth-order valence-corrected chi connectivity index (χ4v) is 6.38. The van der Waals surface area contributed by atoms with Gasteiger partial charge in [0, 0.05) is 61.3 Å². The van der Waals surface area contributed by atoms with Crippen molar-refractivity contribution < 1.29 is 22.0 Å². The Morgan fingerprint density at radius 1 is 1.12 bits per heavy atom. The van der Waals surface area contributed by atoms with Crippen molar-refractivity contribution in [1.29, 1.82) is 0 Å². The molecule has 182 valence electrons. The molecule has 0 spiro atoms. The van der Waals surface area contributed by atoms with Gasteiger partial charge in [0.05, 0.1) is 11.5 Å². The van der Waals surface area contributed by atoms with E-state index >= 15 is 0 Å². The maximum Gasteiger partial charge on any atom is 0.247 e. The molecule has 34 heavy (non-hydrogen) atoms. The fourth-order valence-electron chi connectivity index (χ4n) is 5.15. The number of halogens is 2. The van der Waals surface area contributed by atoms with Gasteiger partial charge in [-0.05, 0) is 43.2 Å². The van der Waals surface area contributed by atoms with Crippen LogP contribution in [0.2, 0.25) is 0 Å². The average molecular weight is 491 g/mol. The molecule has 3 aliphatic heterocycles. The molecule has 7 nitrogen and oxygen atoms in total. The van der Waals surface area contributed by atoms with Crippen molar-refractivity contribution in [3.63, 3.8) is 0 Å². The first-order valence-electron chi connectivity index (χ1n) is 11.5. The average Bonchev–Trinajstić information content (AvgIpc) is 3.45. The minimum atomic E-state index is -2.93. The first kappa shape index (κ1) is 23.0. The highest BCUT2D eigenvalue weighted by atomic mass is 32.2. The summed E-state index contributed by atoms with van der Waals surface area (Å²) in [7, 11) is -2.93. The molecule has 2 fully saturated rings. The van der Waals surface area contributed by atoms with Crippen molar-refractivity contribution in [3.8, 4) is 0 Å². The van der Waals surface area contributed by atoms with Gasteiger partial charge in [-0.3, -0.25) is 9.69 Å². The number of carbonyl (C=O) groups is 1. The molecule has 2 N–H and O–H groups in total. The maximum atomic E-state index is 14.4. The fraction of sp³-hybridized carbons (Fsp3) is 0.458. The third-order valence-corrected chi connectivity index (χ3v) is 8.69. The molecule has 2 atom stereocenters. The van der Waals surface area contributed by atoms with Gasteiger partial charge in [-0.15, -0.1) is 0 Å². The van der Waals surface area contributed by atoms with Crippen LogP contribution >= 0.6 is 0 Å². The van der Waals surface area contributed by atoms with E-state index in [9.17, 15) is 22.0 Å². The van der Waals surface area contributed by atoms with Gasteiger partial charge in [-0.25, -0.2) is 17.2 Å². The highest BCUT2D eigenvalue weighted by Gasteiger charge is 2.33. The zero-order valence-corrected chi connectivity index (χ0v) is 19.8. The predicted molar refractivity (Wildman–Crippen MR) is 128 cm³/mol. The minimum Gasteiger partial charge on any atom is -0.373 e. The molecule has 10 heteroatoms. The van der Waals surface area contributed by atoms with E-state index in [1.54, 1.807) is 12.1 Å². The Hall–Kier alpha value is -2.72. The molecule has 3 heterocycles. The van der Waals surface area contributed by atoms with Crippen molar-refractivity contribution >= 4 is 32.8 Å². The van der Waals surface area contributed by atoms with E-state index in [2.05, 4.69) is 20.4 Å². The third kappa shape index (κ3) is 4.61. The summed E-state index contributed by atoms with van der Waals surface area (Å²) < 4.78 is 52.0. The second kappa shape index (κ2) is 8.81. The lowest BCUT2D eigenvalue weighted by molar-refractivity contribution is -0.116. The van der Waals surface area contributed by atoms with Crippen LogP contribution in [0.1, 0.15) is 17.5 Å². The molecule has 5 rings (SSSR count). The van der Waals surface area contributed by atoms with Crippen LogP contribution in [0, 0.1) is 18.6 Å². The highest BCUT2D eigenvalue weighted by molar-refractivity contribution is 7.91. The topological polar surface area (TPSA) is 81.8 Å². The molecule has 2 unspecified atom stereocenters. The summed E-state index contributed by atoms with van der Waals surface area (Å²) >= 11 is 0. The number of hydrogen-bond acceptors (Lipinski definition) is 6. The van der Waals surface area contributed by atoms with Crippen LogP contribution in [-0.2, 0) is 21.1 Å². The Morgan fingerprint density at radius 2 is 1.88 bits per heavy atom. The number of sulfone groups is 1. The molecule has 2 saturated heterocycles. The van der Waals surface area contributed by atoms with Gasteiger partial charge in [0.1, 0.15) is 17.7 Å². The molecule has 2 aromatic rings. The van der Waals surface area contributed by atoms with E-state index < -0.39 is 21.7 Å². The van der Waals surface area contributed by atoms with Gasteiger partial charge >= 0.3 is 0 Å². The number of aryl methyl sites for hydroxylation is 1. The molecule has 0 aliphatic carbocycles. The third-order valence-electron chi connectivity index (χ3n) is 7.08. The first-order valence-corrected chi connectivity index (χ1v) is 13.4. The smallest absolute Gasteiger partial charge is 0.247 e. The van der Waals surface area contributed by atoms with Gasteiger partial charge in [-0.1, -0.05) is 6.07 Å². The van der Waals surface area contributed by atoms with E-state index in [0.717, 1.165) is 18.5 Å². The molecule has 0 saturated carbocycles. The zero-order chi connectivity index (χ0) is 24.0. The van der Waals surface area contributed by atoms with Gasteiger partial charge in [0.2, 0.25) is 5.91 Å². The van der Waals surface area contributed by atoms with Crippen LogP contribution < -0.4 is 15.5 Å². The minimum absolute atomic E-state index is 0.183. The lowest BCUT2D eigenvalue weighted by Crippen LogP contribution is -2.47. The van der Waals surface area contributed by atoms with Gasteiger partial charge in [0.25, 0.3) is 0 Å². The van der Waals surface area contributed by atoms with Crippen molar-refractivity contribution in [2.45, 2.75) is 31.8 Å². The molecule has 2 aromatic carbocycles. The van der Waals surface area contributed by atoms with Gasteiger partial charge < -0.3 is 15.5 Å². The predicted octanol–water partition coefficient (Wildman–Crippen LogP) is 2.56. The summed E-state index contributed by atoms with van der Waals surface area (Å²) in [5.74, 6) is -0.777. The summed E-state index contributed by atoms with van der Waals surface area (Å²) in [4.78, 5) is 17.1. The Kier molecular flexibility index (Phi) is 5.97. The zero-order valence-electron chi connectivity index (χ0n) is 19.0. The lowest BCUT2D eigenvalue weighted by atomic mass is 10.1.